The molecular formula is C14H21NO2S. The summed E-state index contributed by atoms with van der Waals surface area (Å²) in [4.78, 5) is 0.414. The van der Waals surface area contributed by atoms with E-state index in [0.717, 1.165) is 17.7 Å². The molecule has 0 aliphatic rings. The fraction of sp³-hybridized carbons (Fsp3) is 0.500. The van der Waals surface area contributed by atoms with Gasteiger partial charge in [-0.25, -0.2) is 0 Å². The van der Waals surface area contributed by atoms with Gasteiger partial charge in [-0.3, -0.25) is 0 Å². The highest BCUT2D eigenvalue weighted by Gasteiger charge is 1.99. The van der Waals surface area contributed by atoms with Crippen molar-refractivity contribution in [3.63, 3.8) is 0 Å². The van der Waals surface area contributed by atoms with E-state index in [1.165, 1.54) is 0 Å². The lowest BCUT2D eigenvalue weighted by Crippen LogP contribution is -2.10. The van der Waals surface area contributed by atoms with Gasteiger partial charge < -0.3 is 15.2 Å². The van der Waals surface area contributed by atoms with Crippen molar-refractivity contribution in [2.24, 2.45) is 11.7 Å². The molecule has 0 heterocycles. The van der Waals surface area contributed by atoms with Crippen molar-refractivity contribution in [1.29, 1.82) is 0 Å². The zero-order valence-corrected chi connectivity index (χ0v) is 11.8. The lowest BCUT2D eigenvalue weighted by atomic mass is 10.1. The maximum Gasteiger partial charge on any atom is 0.103 e. The lowest BCUT2D eigenvalue weighted by Gasteiger charge is -2.08. The highest BCUT2D eigenvalue weighted by Crippen LogP contribution is 2.06. The molecule has 100 valence electrons. The molecule has 1 aromatic rings. The van der Waals surface area contributed by atoms with Crippen LogP contribution in [-0.4, -0.2) is 24.8 Å². The Labute approximate surface area is 114 Å². The Bertz CT molecular complexity index is 380. The standard InChI is InChI=1S/C14H21NO2S/c1-11(2)9-16-6-7-17-10-12-4-3-5-13(8-12)14(15)18/h3-5,8,11H,6-7,9-10H2,1-2H3,(H2,15,18). The average Bonchev–Trinajstić information content (AvgIpc) is 2.33. The minimum atomic E-state index is 0.414. The monoisotopic (exact) mass is 267 g/mol. The van der Waals surface area contributed by atoms with Crippen molar-refractivity contribution in [3.8, 4) is 0 Å². The average molecular weight is 267 g/mol. The van der Waals surface area contributed by atoms with E-state index in [1.54, 1.807) is 0 Å². The van der Waals surface area contributed by atoms with Gasteiger partial charge in [0.2, 0.25) is 0 Å². The molecule has 0 fully saturated rings. The van der Waals surface area contributed by atoms with E-state index >= 15 is 0 Å². The number of hydrogen-bond acceptors (Lipinski definition) is 3. The Hall–Kier alpha value is -0.970. The highest BCUT2D eigenvalue weighted by atomic mass is 32.1. The Morgan fingerprint density at radius 1 is 1.28 bits per heavy atom. The van der Waals surface area contributed by atoms with Crippen LogP contribution >= 0.6 is 12.2 Å². The van der Waals surface area contributed by atoms with E-state index in [0.29, 0.717) is 30.7 Å². The quantitative estimate of drug-likeness (QED) is 0.580. The number of hydrogen-bond donors (Lipinski definition) is 1. The molecule has 0 aromatic heterocycles. The maximum absolute atomic E-state index is 5.58. The third-order valence-corrected chi connectivity index (χ3v) is 2.54. The SMILES string of the molecule is CC(C)COCCOCc1cccc(C(N)=S)c1. The van der Waals surface area contributed by atoms with E-state index in [4.69, 9.17) is 27.4 Å². The van der Waals surface area contributed by atoms with Crippen molar-refractivity contribution >= 4 is 17.2 Å². The van der Waals surface area contributed by atoms with Gasteiger partial charge in [0.1, 0.15) is 4.99 Å². The summed E-state index contributed by atoms with van der Waals surface area (Å²) in [6.07, 6.45) is 0. The molecule has 0 aliphatic heterocycles. The van der Waals surface area contributed by atoms with Crippen LogP contribution in [0, 0.1) is 5.92 Å². The zero-order chi connectivity index (χ0) is 13.4. The lowest BCUT2D eigenvalue weighted by molar-refractivity contribution is 0.0314. The molecule has 0 aliphatic carbocycles. The third-order valence-electron chi connectivity index (χ3n) is 2.30. The Morgan fingerprint density at radius 3 is 2.67 bits per heavy atom. The van der Waals surface area contributed by atoms with Gasteiger partial charge in [0.15, 0.2) is 0 Å². The van der Waals surface area contributed by atoms with Gasteiger partial charge in [0.25, 0.3) is 0 Å². The van der Waals surface area contributed by atoms with Gasteiger partial charge in [-0.15, -0.1) is 0 Å². The molecule has 0 atom stereocenters. The van der Waals surface area contributed by atoms with Crippen molar-refractivity contribution in [1.82, 2.24) is 0 Å². The first-order valence-electron chi connectivity index (χ1n) is 6.14. The van der Waals surface area contributed by atoms with Gasteiger partial charge in [0, 0.05) is 12.2 Å². The van der Waals surface area contributed by atoms with E-state index in [-0.39, 0.29) is 0 Å². The van der Waals surface area contributed by atoms with Crippen LogP contribution in [0.5, 0.6) is 0 Å². The van der Waals surface area contributed by atoms with Crippen LogP contribution in [0.15, 0.2) is 24.3 Å². The molecule has 4 heteroatoms. The highest BCUT2D eigenvalue weighted by molar-refractivity contribution is 7.80. The summed E-state index contributed by atoms with van der Waals surface area (Å²) in [6, 6.07) is 7.79. The molecule has 18 heavy (non-hydrogen) atoms. The Kier molecular flexibility index (Phi) is 6.86. The summed E-state index contributed by atoms with van der Waals surface area (Å²) in [5.74, 6) is 0.562. The molecule has 0 saturated carbocycles. The Morgan fingerprint density at radius 2 is 2.00 bits per heavy atom. The zero-order valence-electron chi connectivity index (χ0n) is 11.0. The maximum atomic E-state index is 5.58. The summed E-state index contributed by atoms with van der Waals surface area (Å²) in [5, 5.41) is 0. The molecule has 1 rings (SSSR count). The number of rotatable bonds is 8. The fourth-order valence-electron chi connectivity index (χ4n) is 1.44. The first-order chi connectivity index (χ1) is 8.59. The summed E-state index contributed by atoms with van der Waals surface area (Å²) in [6.45, 7) is 6.82. The van der Waals surface area contributed by atoms with Crippen LogP contribution in [0.25, 0.3) is 0 Å². The van der Waals surface area contributed by atoms with Gasteiger partial charge in [0.05, 0.1) is 19.8 Å². The molecule has 3 nitrogen and oxygen atoms in total. The number of ether oxygens (including phenoxy) is 2. The number of nitrogens with two attached hydrogens (primary N) is 1. The molecule has 0 saturated heterocycles. The van der Waals surface area contributed by atoms with E-state index in [9.17, 15) is 0 Å². The van der Waals surface area contributed by atoms with Gasteiger partial charge in [-0.05, 0) is 17.5 Å². The summed E-state index contributed by atoms with van der Waals surface area (Å²) in [5.41, 5.74) is 7.53. The van der Waals surface area contributed by atoms with Gasteiger partial charge >= 0.3 is 0 Å². The molecule has 0 radical (unpaired) electrons. The number of benzene rings is 1. The van der Waals surface area contributed by atoms with Crippen LogP contribution in [0.1, 0.15) is 25.0 Å². The Balaban J connectivity index is 2.23. The molecule has 0 bridgehead atoms. The first-order valence-corrected chi connectivity index (χ1v) is 6.54. The molecular weight excluding hydrogens is 246 g/mol. The van der Waals surface area contributed by atoms with E-state index in [2.05, 4.69) is 13.8 Å². The smallest absolute Gasteiger partial charge is 0.103 e. The second-order valence-electron chi connectivity index (χ2n) is 4.59. The first kappa shape index (κ1) is 15.1. The molecule has 1 aromatic carbocycles. The van der Waals surface area contributed by atoms with E-state index in [1.807, 2.05) is 24.3 Å². The molecule has 0 amide bonds. The largest absolute Gasteiger partial charge is 0.389 e. The summed E-state index contributed by atoms with van der Waals surface area (Å²) >= 11 is 4.93. The second-order valence-corrected chi connectivity index (χ2v) is 5.03. The topological polar surface area (TPSA) is 44.5 Å². The van der Waals surface area contributed by atoms with Crippen LogP contribution < -0.4 is 5.73 Å². The summed E-state index contributed by atoms with van der Waals surface area (Å²) < 4.78 is 11.0. The van der Waals surface area contributed by atoms with Crippen molar-refractivity contribution in [2.75, 3.05) is 19.8 Å². The predicted octanol–water partition coefficient (Wildman–Crippen LogP) is 2.51. The van der Waals surface area contributed by atoms with Crippen molar-refractivity contribution < 1.29 is 9.47 Å². The number of thiocarbonyl (C=S) groups is 1. The van der Waals surface area contributed by atoms with Crippen LogP contribution in [-0.2, 0) is 16.1 Å². The van der Waals surface area contributed by atoms with Crippen molar-refractivity contribution in [3.05, 3.63) is 35.4 Å². The molecule has 0 spiro atoms. The summed E-state index contributed by atoms with van der Waals surface area (Å²) in [7, 11) is 0. The van der Waals surface area contributed by atoms with Crippen molar-refractivity contribution in [2.45, 2.75) is 20.5 Å². The predicted molar refractivity (Wildman–Crippen MR) is 77.6 cm³/mol. The third kappa shape index (κ3) is 6.10. The van der Waals surface area contributed by atoms with Gasteiger partial charge in [-0.2, -0.15) is 0 Å². The molecule has 2 N–H and O–H groups in total. The van der Waals surface area contributed by atoms with Crippen LogP contribution in [0.4, 0.5) is 0 Å². The second kappa shape index (κ2) is 8.19. The van der Waals surface area contributed by atoms with Crippen LogP contribution in [0.2, 0.25) is 0 Å². The molecule has 0 unspecified atom stereocenters. The minimum Gasteiger partial charge on any atom is -0.389 e. The normalized spacial score (nSPS) is 10.8. The fourth-order valence-corrected chi connectivity index (χ4v) is 1.57. The van der Waals surface area contributed by atoms with Gasteiger partial charge in [-0.1, -0.05) is 44.3 Å². The minimum absolute atomic E-state index is 0.414. The van der Waals surface area contributed by atoms with E-state index < -0.39 is 0 Å². The van der Waals surface area contributed by atoms with Crippen LogP contribution in [0.3, 0.4) is 0 Å².